The maximum Gasteiger partial charge on any atom is 0.240 e. The monoisotopic (exact) mass is 202 g/mol. The lowest BCUT2D eigenvalue weighted by Gasteiger charge is -2.33. The summed E-state index contributed by atoms with van der Waals surface area (Å²) in [5.41, 5.74) is 4.95. The lowest BCUT2D eigenvalue weighted by atomic mass is 10.1. The highest BCUT2D eigenvalue weighted by molar-refractivity contribution is 5.75. The summed E-state index contributed by atoms with van der Waals surface area (Å²) in [6.45, 7) is 0.819. The molecule has 1 aliphatic rings. The zero-order valence-electron chi connectivity index (χ0n) is 7.80. The number of nitrogens with zero attached hydrogens (tertiary/aromatic N) is 3. The molecule has 14 heavy (non-hydrogen) atoms. The van der Waals surface area contributed by atoms with Gasteiger partial charge in [0.1, 0.15) is 6.54 Å². The Hall–Kier alpha value is -1.21. The predicted molar refractivity (Wildman–Crippen MR) is 48.5 cm³/mol. The van der Waals surface area contributed by atoms with Gasteiger partial charge in [-0.05, 0) is 12.8 Å². The number of hydrazine groups is 1. The van der Waals surface area contributed by atoms with Gasteiger partial charge in [-0.3, -0.25) is 4.79 Å². The Kier molecular flexibility index (Phi) is 3.78. The van der Waals surface area contributed by atoms with Gasteiger partial charge in [0, 0.05) is 13.1 Å². The smallest absolute Gasteiger partial charge is 0.240 e. The number of carbonyl (C=O) groups is 1. The van der Waals surface area contributed by atoms with Gasteiger partial charge in [-0.1, -0.05) is 0 Å². The molecule has 1 aliphatic heterocycles. The molecule has 0 aromatic rings. The van der Waals surface area contributed by atoms with Crippen LogP contribution in [0.15, 0.2) is 5.29 Å². The van der Waals surface area contributed by atoms with E-state index in [4.69, 9.17) is 5.73 Å². The number of nitrogens with two attached hydrogens (primary N) is 1. The van der Waals surface area contributed by atoms with Gasteiger partial charge in [0.15, 0.2) is 0 Å². The van der Waals surface area contributed by atoms with Crippen LogP contribution in [0.4, 0.5) is 0 Å². The molecular formula is C7H14N4O3. The number of nitroso groups, excluding NO2 is 1. The Morgan fingerprint density at radius 2 is 2.14 bits per heavy atom. The van der Waals surface area contributed by atoms with Gasteiger partial charge >= 0.3 is 0 Å². The SMILES string of the molecule is NC(=O)CN(N=O)N1CCC(O)CC1. The normalized spacial score (nSPS) is 19.2. The molecule has 80 valence electrons. The van der Waals surface area contributed by atoms with Crippen molar-refractivity contribution in [1.82, 2.24) is 10.1 Å². The van der Waals surface area contributed by atoms with Crippen LogP contribution >= 0.6 is 0 Å². The first kappa shape index (κ1) is 10.9. The lowest BCUT2D eigenvalue weighted by molar-refractivity contribution is -0.127. The quantitative estimate of drug-likeness (QED) is 0.442. The van der Waals surface area contributed by atoms with Crippen molar-refractivity contribution in [2.24, 2.45) is 11.0 Å². The molecular weight excluding hydrogens is 188 g/mol. The average molecular weight is 202 g/mol. The standard InChI is InChI=1S/C7H14N4O3/c8-7(13)5-11(9-14)10-3-1-6(12)2-4-10/h6,12H,1-5H2,(H2,8,13). The maximum atomic E-state index is 10.6. The Bertz CT molecular complexity index is 215. The molecule has 1 rings (SSSR count). The molecule has 0 atom stereocenters. The summed E-state index contributed by atoms with van der Waals surface area (Å²) < 4.78 is 0. The highest BCUT2D eigenvalue weighted by Crippen LogP contribution is 2.12. The van der Waals surface area contributed by atoms with Crippen molar-refractivity contribution in [3.8, 4) is 0 Å². The van der Waals surface area contributed by atoms with Crippen molar-refractivity contribution in [2.75, 3.05) is 19.6 Å². The summed E-state index contributed by atoms with van der Waals surface area (Å²) in [7, 11) is 0. The second-order valence-corrected chi connectivity index (χ2v) is 3.26. The van der Waals surface area contributed by atoms with E-state index in [1.165, 1.54) is 0 Å². The van der Waals surface area contributed by atoms with E-state index in [-0.39, 0.29) is 12.6 Å². The van der Waals surface area contributed by atoms with Crippen LogP contribution in [-0.4, -0.2) is 46.9 Å². The number of hydrogen-bond acceptors (Lipinski definition) is 5. The van der Waals surface area contributed by atoms with Crippen LogP contribution in [0, 0.1) is 4.91 Å². The van der Waals surface area contributed by atoms with Crippen molar-refractivity contribution >= 4 is 5.91 Å². The van der Waals surface area contributed by atoms with Gasteiger partial charge in [0.25, 0.3) is 0 Å². The van der Waals surface area contributed by atoms with Crippen molar-refractivity contribution in [1.29, 1.82) is 0 Å². The number of aliphatic hydroxyl groups excluding tert-OH is 1. The van der Waals surface area contributed by atoms with Crippen molar-refractivity contribution in [3.63, 3.8) is 0 Å². The maximum absolute atomic E-state index is 10.6. The van der Waals surface area contributed by atoms with Gasteiger partial charge in [-0.2, -0.15) is 5.12 Å². The Morgan fingerprint density at radius 3 is 2.57 bits per heavy atom. The summed E-state index contributed by atoms with van der Waals surface area (Å²) in [4.78, 5) is 21.0. The molecule has 0 saturated carbocycles. The first-order chi connectivity index (χ1) is 6.63. The molecule has 0 aromatic heterocycles. The molecule has 1 fully saturated rings. The van der Waals surface area contributed by atoms with E-state index in [0.29, 0.717) is 25.9 Å². The highest BCUT2D eigenvalue weighted by atomic mass is 16.3. The Balaban J connectivity index is 2.44. The molecule has 0 aliphatic carbocycles. The fourth-order valence-corrected chi connectivity index (χ4v) is 1.40. The molecule has 0 unspecified atom stereocenters. The van der Waals surface area contributed by atoms with Gasteiger partial charge in [0.05, 0.1) is 11.4 Å². The highest BCUT2D eigenvalue weighted by Gasteiger charge is 2.23. The Labute approximate surface area is 81.4 Å². The fourth-order valence-electron chi connectivity index (χ4n) is 1.40. The van der Waals surface area contributed by atoms with Crippen LogP contribution < -0.4 is 5.73 Å². The number of hydrogen-bond donors (Lipinski definition) is 2. The van der Waals surface area contributed by atoms with Crippen molar-refractivity contribution in [3.05, 3.63) is 4.91 Å². The number of rotatable bonds is 4. The second-order valence-electron chi connectivity index (χ2n) is 3.26. The summed E-state index contributed by atoms with van der Waals surface area (Å²) in [5.74, 6) is -0.601. The van der Waals surface area contributed by atoms with E-state index < -0.39 is 5.91 Å². The number of piperidine rings is 1. The molecule has 0 bridgehead atoms. The Morgan fingerprint density at radius 1 is 1.57 bits per heavy atom. The van der Waals surface area contributed by atoms with Crippen molar-refractivity contribution < 1.29 is 9.90 Å². The fraction of sp³-hybridized carbons (Fsp3) is 0.857. The van der Waals surface area contributed by atoms with Crippen LogP contribution in [0.2, 0.25) is 0 Å². The third-order valence-electron chi connectivity index (χ3n) is 2.16. The van der Waals surface area contributed by atoms with Crippen LogP contribution in [0.1, 0.15) is 12.8 Å². The number of carbonyl (C=O) groups excluding carboxylic acids is 1. The molecule has 7 heteroatoms. The third-order valence-corrected chi connectivity index (χ3v) is 2.16. The summed E-state index contributed by atoms with van der Waals surface area (Å²) >= 11 is 0. The zero-order chi connectivity index (χ0) is 10.6. The van der Waals surface area contributed by atoms with Crippen LogP contribution in [0.5, 0.6) is 0 Å². The van der Waals surface area contributed by atoms with E-state index in [2.05, 4.69) is 5.29 Å². The summed E-state index contributed by atoms with van der Waals surface area (Å²) in [6, 6.07) is 0. The second kappa shape index (κ2) is 4.87. The van der Waals surface area contributed by atoms with E-state index in [0.717, 1.165) is 5.12 Å². The lowest BCUT2D eigenvalue weighted by Crippen LogP contribution is -2.48. The topological polar surface area (TPSA) is 99.2 Å². The number of primary amides is 1. The molecule has 3 N–H and O–H groups in total. The molecule has 1 amide bonds. The molecule has 1 saturated heterocycles. The van der Waals surface area contributed by atoms with Crippen LogP contribution in [-0.2, 0) is 4.79 Å². The average Bonchev–Trinajstić information content (AvgIpc) is 2.15. The van der Waals surface area contributed by atoms with Gasteiger partial charge in [-0.15, -0.1) is 4.91 Å². The van der Waals surface area contributed by atoms with E-state index in [9.17, 15) is 14.8 Å². The summed E-state index contributed by atoms with van der Waals surface area (Å²) in [6.07, 6.45) is 0.823. The minimum Gasteiger partial charge on any atom is -0.393 e. The van der Waals surface area contributed by atoms with E-state index >= 15 is 0 Å². The minimum atomic E-state index is -0.601. The van der Waals surface area contributed by atoms with E-state index in [1.54, 1.807) is 5.01 Å². The number of aliphatic hydroxyl groups is 1. The predicted octanol–water partition coefficient (Wildman–Crippen LogP) is -1.17. The molecule has 0 aromatic carbocycles. The minimum absolute atomic E-state index is 0.209. The molecule has 7 nitrogen and oxygen atoms in total. The van der Waals surface area contributed by atoms with Gasteiger partial charge < -0.3 is 10.8 Å². The third kappa shape index (κ3) is 2.93. The van der Waals surface area contributed by atoms with Gasteiger partial charge in [-0.25, -0.2) is 5.01 Å². The first-order valence-corrected chi connectivity index (χ1v) is 4.45. The summed E-state index contributed by atoms with van der Waals surface area (Å²) in [5, 5.41) is 14.5. The molecule has 0 spiro atoms. The zero-order valence-corrected chi connectivity index (χ0v) is 7.80. The van der Waals surface area contributed by atoms with Crippen LogP contribution in [0.3, 0.4) is 0 Å². The molecule has 1 heterocycles. The van der Waals surface area contributed by atoms with Crippen molar-refractivity contribution in [2.45, 2.75) is 18.9 Å². The van der Waals surface area contributed by atoms with Crippen LogP contribution in [0.25, 0.3) is 0 Å². The largest absolute Gasteiger partial charge is 0.393 e. The van der Waals surface area contributed by atoms with E-state index in [1.807, 2.05) is 0 Å². The number of amides is 1. The van der Waals surface area contributed by atoms with Gasteiger partial charge in [0.2, 0.25) is 5.91 Å². The first-order valence-electron chi connectivity index (χ1n) is 4.45. The molecule has 0 radical (unpaired) electrons.